The maximum atomic E-state index is 12.6. The van der Waals surface area contributed by atoms with Crippen LogP contribution in [0.3, 0.4) is 0 Å². The lowest BCUT2D eigenvalue weighted by Gasteiger charge is -2.14. The molecule has 1 aromatic heterocycles. The Morgan fingerprint density at radius 3 is 2.65 bits per heavy atom. The first-order chi connectivity index (χ1) is 9.20. The Bertz CT molecular complexity index is 663. The summed E-state index contributed by atoms with van der Waals surface area (Å²) < 4.78 is 39.4. The Hall–Kier alpha value is -2.25. The number of imidazole rings is 1. The summed E-state index contributed by atoms with van der Waals surface area (Å²) >= 11 is 0. The van der Waals surface area contributed by atoms with Crippen molar-refractivity contribution in [3.05, 3.63) is 23.8 Å². The number of benzene rings is 1. The molecule has 108 valence electrons. The first-order valence-electron chi connectivity index (χ1n) is 5.83. The van der Waals surface area contributed by atoms with Gasteiger partial charge in [-0.2, -0.15) is 13.2 Å². The molecule has 20 heavy (non-hydrogen) atoms. The molecule has 0 saturated carbocycles. The van der Waals surface area contributed by atoms with E-state index < -0.39 is 17.6 Å². The van der Waals surface area contributed by atoms with Gasteiger partial charge in [-0.25, -0.2) is 4.98 Å². The van der Waals surface area contributed by atoms with Crippen LogP contribution in [0.1, 0.15) is 24.9 Å². The number of rotatable bonds is 3. The van der Waals surface area contributed by atoms with Gasteiger partial charge >= 0.3 is 6.18 Å². The van der Waals surface area contributed by atoms with Crippen LogP contribution in [0.4, 0.5) is 19.1 Å². The number of alkyl halides is 3. The molecule has 0 radical (unpaired) electrons. The molecule has 2 aromatic rings. The lowest BCUT2D eigenvalue weighted by atomic mass is 10.1. The predicted molar refractivity (Wildman–Crippen MR) is 67.7 cm³/mol. The summed E-state index contributed by atoms with van der Waals surface area (Å²) in [4.78, 5) is 14.8. The van der Waals surface area contributed by atoms with Crippen LogP contribution in [0.15, 0.2) is 18.2 Å². The minimum Gasteiger partial charge on any atom is -0.370 e. The molecule has 5 nitrogen and oxygen atoms in total. The normalized spacial score (nSPS) is 13.6. The van der Waals surface area contributed by atoms with E-state index in [0.717, 1.165) is 12.1 Å². The summed E-state index contributed by atoms with van der Waals surface area (Å²) in [7, 11) is 0. The van der Waals surface area contributed by atoms with E-state index >= 15 is 0 Å². The van der Waals surface area contributed by atoms with Gasteiger partial charge < -0.3 is 16.0 Å². The topological polar surface area (TPSA) is 86.9 Å². The van der Waals surface area contributed by atoms with E-state index in [9.17, 15) is 18.0 Å². The number of hydrogen-bond donors (Lipinski definition) is 2. The Labute approximate surface area is 112 Å². The maximum absolute atomic E-state index is 12.6. The number of nitrogens with zero attached hydrogens (tertiary/aromatic N) is 2. The third-order valence-corrected chi connectivity index (χ3v) is 2.98. The molecule has 0 aliphatic rings. The van der Waals surface area contributed by atoms with Crippen molar-refractivity contribution in [1.29, 1.82) is 0 Å². The second kappa shape index (κ2) is 4.69. The number of nitrogens with two attached hydrogens (primary N) is 2. The second-order valence-corrected chi connectivity index (χ2v) is 4.56. The summed E-state index contributed by atoms with van der Waals surface area (Å²) in [5.74, 6) is -0.473. The van der Waals surface area contributed by atoms with Crippen LogP contribution in [0.2, 0.25) is 0 Å². The van der Waals surface area contributed by atoms with Crippen molar-refractivity contribution in [1.82, 2.24) is 9.55 Å². The van der Waals surface area contributed by atoms with Crippen molar-refractivity contribution < 1.29 is 18.0 Å². The summed E-state index contributed by atoms with van der Waals surface area (Å²) in [6.45, 7) is 1.69. The molecule has 0 aliphatic heterocycles. The number of primary amides is 1. The molecule has 0 aliphatic carbocycles. The highest BCUT2D eigenvalue weighted by atomic mass is 19.4. The van der Waals surface area contributed by atoms with Crippen LogP contribution >= 0.6 is 0 Å². The fourth-order valence-corrected chi connectivity index (χ4v) is 2.14. The molecule has 8 heteroatoms. The van der Waals surface area contributed by atoms with E-state index in [1.807, 2.05) is 0 Å². The lowest BCUT2D eigenvalue weighted by molar-refractivity contribution is -0.137. The van der Waals surface area contributed by atoms with Gasteiger partial charge in [0.2, 0.25) is 11.9 Å². The maximum Gasteiger partial charge on any atom is 0.416 e. The summed E-state index contributed by atoms with van der Waals surface area (Å²) in [6.07, 6.45) is -4.41. The highest BCUT2D eigenvalue weighted by Crippen LogP contribution is 2.33. The summed E-state index contributed by atoms with van der Waals surface area (Å²) in [5, 5.41) is 0. The van der Waals surface area contributed by atoms with E-state index in [2.05, 4.69) is 4.98 Å². The zero-order chi connectivity index (χ0) is 15.1. The van der Waals surface area contributed by atoms with Gasteiger partial charge in [0.1, 0.15) is 0 Å². The summed E-state index contributed by atoms with van der Waals surface area (Å²) in [5.41, 5.74) is 10.6. The van der Waals surface area contributed by atoms with Gasteiger partial charge in [-0.15, -0.1) is 0 Å². The molecule has 1 amide bonds. The van der Waals surface area contributed by atoms with Crippen molar-refractivity contribution in [3.63, 3.8) is 0 Å². The van der Waals surface area contributed by atoms with Crippen molar-refractivity contribution in [2.45, 2.75) is 25.6 Å². The molecule has 4 N–H and O–H groups in total. The first kappa shape index (κ1) is 14.2. The van der Waals surface area contributed by atoms with Crippen molar-refractivity contribution in [2.24, 2.45) is 5.73 Å². The van der Waals surface area contributed by atoms with E-state index in [4.69, 9.17) is 11.5 Å². The van der Waals surface area contributed by atoms with E-state index in [-0.39, 0.29) is 23.9 Å². The van der Waals surface area contributed by atoms with Gasteiger partial charge in [-0.05, 0) is 25.1 Å². The standard InChI is InChI=1S/C12H13F3N4O/c1-6(4-10(16)20)19-9-3-2-7(12(13,14)15)5-8(9)18-11(19)17/h2-3,5-6H,4H2,1H3,(H2,16,20)(H2,17,18). The number of nitrogen functional groups attached to an aromatic ring is 1. The molecular weight excluding hydrogens is 273 g/mol. The van der Waals surface area contributed by atoms with Crippen LogP contribution in [0.5, 0.6) is 0 Å². The number of halogens is 3. The average Bonchev–Trinajstić information content (AvgIpc) is 2.61. The van der Waals surface area contributed by atoms with Crippen LogP contribution in [-0.2, 0) is 11.0 Å². The van der Waals surface area contributed by atoms with Gasteiger partial charge in [0.15, 0.2) is 0 Å². The van der Waals surface area contributed by atoms with Gasteiger partial charge in [0.05, 0.1) is 16.6 Å². The molecule has 2 rings (SSSR count). The highest BCUT2D eigenvalue weighted by molar-refractivity contribution is 5.80. The van der Waals surface area contributed by atoms with Gasteiger partial charge in [-0.3, -0.25) is 4.79 Å². The zero-order valence-corrected chi connectivity index (χ0v) is 10.6. The Morgan fingerprint density at radius 1 is 1.45 bits per heavy atom. The SMILES string of the molecule is CC(CC(N)=O)n1c(N)nc2cc(C(F)(F)F)ccc21. The molecule has 1 unspecified atom stereocenters. The van der Waals surface area contributed by atoms with Crippen molar-refractivity contribution >= 4 is 22.9 Å². The van der Waals surface area contributed by atoms with Crippen LogP contribution in [-0.4, -0.2) is 15.5 Å². The third kappa shape index (κ3) is 2.54. The lowest BCUT2D eigenvalue weighted by Crippen LogP contribution is -2.18. The van der Waals surface area contributed by atoms with Crippen LogP contribution < -0.4 is 11.5 Å². The smallest absolute Gasteiger partial charge is 0.370 e. The molecule has 0 bridgehead atoms. The van der Waals surface area contributed by atoms with Gasteiger partial charge in [0, 0.05) is 12.5 Å². The second-order valence-electron chi connectivity index (χ2n) is 4.56. The number of amides is 1. The van der Waals surface area contributed by atoms with Crippen LogP contribution in [0.25, 0.3) is 11.0 Å². The predicted octanol–water partition coefficient (Wildman–Crippen LogP) is 2.07. The third-order valence-electron chi connectivity index (χ3n) is 2.98. The Kier molecular flexibility index (Phi) is 3.33. The molecule has 0 spiro atoms. The average molecular weight is 286 g/mol. The van der Waals surface area contributed by atoms with E-state index in [1.54, 1.807) is 6.92 Å². The molecule has 0 saturated heterocycles. The van der Waals surface area contributed by atoms with Crippen molar-refractivity contribution in [3.8, 4) is 0 Å². The molecule has 1 heterocycles. The van der Waals surface area contributed by atoms with E-state index in [0.29, 0.717) is 5.52 Å². The zero-order valence-electron chi connectivity index (χ0n) is 10.6. The Balaban J connectivity index is 2.53. The van der Waals surface area contributed by atoms with Crippen molar-refractivity contribution in [2.75, 3.05) is 5.73 Å². The number of carbonyl (C=O) groups is 1. The summed E-state index contributed by atoms with van der Waals surface area (Å²) in [6, 6.07) is 2.80. The molecule has 1 atom stereocenters. The molecular formula is C12H13F3N4O. The Morgan fingerprint density at radius 2 is 2.10 bits per heavy atom. The van der Waals surface area contributed by atoms with Gasteiger partial charge in [-0.1, -0.05) is 0 Å². The monoisotopic (exact) mass is 286 g/mol. The number of aromatic nitrogens is 2. The fourth-order valence-electron chi connectivity index (χ4n) is 2.14. The fraction of sp³-hybridized carbons (Fsp3) is 0.333. The largest absolute Gasteiger partial charge is 0.416 e. The van der Waals surface area contributed by atoms with Crippen LogP contribution in [0, 0.1) is 0 Å². The first-order valence-corrected chi connectivity index (χ1v) is 5.83. The quantitative estimate of drug-likeness (QED) is 0.905. The molecule has 1 aromatic carbocycles. The number of hydrogen-bond acceptors (Lipinski definition) is 3. The molecule has 0 fully saturated rings. The minimum atomic E-state index is -4.44. The van der Waals surface area contributed by atoms with Gasteiger partial charge in [0.25, 0.3) is 0 Å². The minimum absolute atomic E-state index is 0.0245. The number of carbonyl (C=O) groups excluding carboxylic acids is 1. The highest BCUT2D eigenvalue weighted by Gasteiger charge is 2.31. The number of fused-ring (bicyclic) bond motifs is 1. The number of anilines is 1. The van der Waals surface area contributed by atoms with E-state index in [1.165, 1.54) is 10.6 Å².